The van der Waals surface area contributed by atoms with Gasteiger partial charge in [-0.15, -0.1) is 0 Å². The summed E-state index contributed by atoms with van der Waals surface area (Å²) >= 11 is 0. The van der Waals surface area contributed by atoms with Crippen molar-refractivity contribution in [1.29, 1.82) is 0 Å². The summed E-state index contributed by atoms with van der Waals surface area (Å²) in [6, 6.07) is 1.84. The third kappa shape index (κ3) is 2.69. The van der Waals surface area contributed by atoms with Crippen molar-refractivity contribution in [3.63, 3.8) is 0 Å². The Labute approximate surface area is 101 Å². The number of furan rings is 1. The Bertz CT molecular complexity index is 411. The summed E-state index contributed by atoms with van der Waals surface area (Å²) in [5.74, 6) is 0.634. The van der Waals surface area contributed by atoms with Gasteiger partial charge >= 0.3 is 5.97 Å². The molecular weight excluding hydrogens is 218 g/mol. The average Bonchev–Trinajstić information content (AvgIpc) is 2.85. The monoisotopic (exact) mass is 237 g/mol. The van der Waals surface area contributed by atoms with Gasteiger partial charge in [-0.05, 0) is 31.9 Å². The van der Waals surface area contributed by atoms with Crippen LogP contribution in [0.3, 0.4) is 0 Å². The smallest absolute Gasteiger partial charge is 0.372 e. The SMILES string of the molecule is CCC1CCN(Cc2cc(C)c(C(=O)O)o2)C1. The molecule has 94 valence electrons. The summed E-state index contributed by atoms with van der Waals surface area (Å²) in [5, 5.41) is 8.91. The third-order valence-electron chi connectivity index (χ3n) is 3.49. The highest BCUT2D eigenvalue weighted by atomic mass is 16.4. The van der Waals surface area contributed by atoms with E-state index in [1.54, 1.807) is 6.92 Å². The van der Waals surface area contributed by atoms with E-state index in [-0.39, 0.29) is 5.76 Å². The molecule has 0 radical (unpaired) electrons. The number of hydrogen-bond donors (Lipinski definition) is 1. The maximum atomic E-state index is 10.9. The Kier molecular flexibility index (Phi) is 3.52. The number of likely N-dealkylation sites (tertiary alicyclic amines) is 1. The van der Waals surface area contributed by atoms with Crippen LogP contribution in [0.2, 0.25) is 0 Å². The molecule has 4 heteroatoms. The molecule has 0 saturated carbocycles. The van der Waals surface area contributed by atoms with Crippen LogP contribution >= 0.6 is 0 Å². The summed E-state index contributed by atoms with van der Waals surface area (Å²) in [7, 11) is 0. The lowest BCUT2D eigenvalue weighted by atomic mass is 10.1. The highest BCUT2D eigenvalue weighted by molar-refractivity contribution is 5.86. The topological polar surface area (TPSA) is 53.7 Å². The van der Waals surface area contributed by atoms with Crippen molar-refractivity contribution >= 4 is 5.97 Å². The highest BCUT2D eigenvalue weighted by Gasteiger charge is 2.23. The lowest BCUT2D eigenvalue weighted by Crippen LogP contribution is -2.19. The van der Waals surface area contributed by atoms with Crippen molar-refractivity contribution in [1.82, 2.24) is 4.90 Å². The van der Waals surface area contributed by atoms with Crippen LogP contribution in [0.1, 0.15) is 41.6 Å². The molecule has 2 rings (SSSR count). The largest absolute Gasteiger partial charge is 0.475 e. The van der Waals surface area contributed by atoms with Gasteiger partial charge in [-0.25, -0.2) is 4.79 Å². The molecule has 0 bridgehead atoms. The molecule has 1 saturated heterocycles. The molecule has 4 nitrogen and oxygen atoms in total. The highest BCUT2D eigenvalue weighted by Crippen LogP contribution is 2.23. The van der Waals surface area contributed by atoms with Crippen molar-refractivity contribution in [2.75, 3.05) is 13.1 Å². The second-order valence-electron chi connectivity index (χ2n) is 4.83. The quantitative estimate of drug-likeness (QED) is 0.874. The van der Waals surface area contributed by atoms with Crippen LogP contribution in [0, 0.1) is 12.8 Å². The minimum Gasteiger partial charge on any atom is -0.475 e. The molecule has 2 heterocycles. The number of aromatic carboxylic acids is 1. The molecule has 1 unspecified atom stereocenters. The maximum absolute atomic E-state index is 10.9. The Morgan fingerprint density at radius 1 is 1.65 bits per heavy atom. The van der Waals surface area contributed by atoms with Gasteiger partial charge in [0.25, 0.3) is 0 Å². The predicted octanol–water partition coefficient (Wildman–Crippen LogP) is 2.52. The maximum Gasteiger partial charge on any atom is 0.372 e. The number of aryl methyl sites for hydroxylation is 1. The first-order valence-electron chi connectivity index (χ1n) is 6.15. The molecule has 0 amide bonds. The average molecular weight is 237 g/mol. The Hall–Kier alpha value is -1.29. The van der Waals surface area contributed by atoms with Gasteiger partial charge in [-0.3, -0.25) is 4.90 Å². The molecule has 1 aromatic rings. The van der Waals surface area contributed by atoms with Crippen molar-refractivity contribution in [2.45, 2.75) is 33.2 Å². The zero-order valence-corrected chi connectivity index (χ0v) is 10.4. The van der Waals surface area contributed by atoms with E-state index in [2.05, 4.69) is 11.8 Å². The number of carboxylic acids is 1. The molecule has 0 aromatic carbocycles. The van der Waals surface area contributed by atoms with Crippen molar-refractivity contribution in [3.8, 4) is 0 Å². The van der Waals surface area contributed by atoms with E-state index in [9.17, 15) is 4.79 Å². The van der Waals surface area contributed by atoms with Crippen LogP contribution in [0.25, 0.3) is 0 Å². The first-order chi connectivity index (χ1) is 8.10. The predicted molar refractivity (Wildman–Crippen MR) is 64.1 cm³/mol. The fourth-order valence-corrected chi connectivity index (χ4v) is 2.45. The molecule has 1 fully saturated rings. The van der Waals surface area contributed by atoms with Crippen molar-refractivity contribution in [2.24, 2.45) is 5.92 Å². The first-order valence-corrected chi connectivity index (χ1v) is 6.15. The fraction of sp³-hybridized carbons (Fsp3) is 0.615. The summed E-state index contributed by atoms with van der Waals surface area (Å²) in [6.07, 6.45) is 2.45. The van der Waals surface area contributed by atoms with Gasteiger partial charge in [0.2, 0.25) is 5.76 Å². The van der Waals surface area contributed by atoms with Gasteiger partial charge in [-0.1, -0.05) is 13.3 Å². The minimum atomic E-state index is -0.985. The molecule has 1 aliphatic rings. The second-order valence-corrected chi connectivity index (χ2v) is 4.83. The van der Waals surface area contributed by atoms with Gasteiger partial charge in [0.1, 0.15) is 5.76 Å². The van der Waals surface area contributed by atoms with E-state index < -0.39 is 5.97 Å². The molecule has 17 heavy (non-hydrogen) atoms. The zero-order chi connectivity index (χ0) is 12.4. The lowest BCUT2D eigenvalue weighted by molar-refractivity contribution is 0.0657. The normalized spacial score (nSPS) is 20.9. The first kappa shape index (κ1) is 12.2. The van der Waals surface area contributed by atoms with Crippen LogP contribution in [0.5, 0.6) is 0 Å². The van der Waals surface area contributed by atoms with E-state index in [1.165, 1.54) is 12.8 Å². The number of carbonyl (C=O) groups is 1. The molecule has 1 atom stereocenters. The van der Waals surface area contributed by atoms with E-state index in [4.69, 9.17) is 9.52 Å². The van der Waals surface area contributed by atoms with E-state index in [0.717, 1.165) is 31.3 Å². The summed E-state index contributed by atoms with van der Waals surface area (Å²) in [5.41, 5.74) is 0.707. The third-order valence-corrected chi connectivity index (χ3v) is 3.49. The lowest BCUT2D eigenvalue weighted by Gasteiger charge is -2.13. The van der Waals surface area contributed by atoms with Gasteiger partial charge in [0.15, 0.2) is 0 Å². The molecule has 1 aliphatic heterocycles. The van der Waals surface area contributed by atoms with Gasteiger partial charge in [0.05, 0.1) is 6.54 Å². The van der Waals surface area contributed by atoms with E-state index >= 15 is 0 Å². The molecule has 1 N–H and O–H groups in total. The summed E-state index contributed by atoms with van der Waals surface area (Å²) < 4.78 is 5.37. The van der Waals surface area contributed by atoms with Crippen LogP contribution < -0.4 is 0 Å². The van der Waals surface area contributed by atoms with E-state index in [0.29, 0.717) is 5.56 Å². The van der Waals surface area contributed by atoms with Gasteiger partial charge < -0.3 is 9.52 Å². The van der Waals surface area contributed by atoms with Crippen LogP contribution in [-0.2, 0) is 6.54 Å². The number of carboxylic acid groups (broad SMARTS) is 1. The number of rotatable bonds is 4. The summed E-state index contributed by atoms with van der Waals surface area (Å²) in [6.45, 7) is 6.90. The van der Waals surface area contributed by atoms with E-state index in [1.807, 2.05) is 6.07 Å². The van der Waals surface area contributed by atoms with Crippen LogP contribution in [-0.4, -0.2) is 29.1 Å². The summed E-state index contributed by atoms with van der Waals surface area (Å²) in [4.78, 5) is 13.2. The Balaban J connectivity index is 2.00. The van der Waals surface area contributed by atoms with Crippen molar-refractivity contribution in [3.05, 3.63) is 23.2 Å². The minimum absolute atomic E-state index is 0.0752. The van der Waals surface area contributed by atoms with Crippen LogP contribution in [0.4, 0.5) is 0 Å². The van der Waals surface area contributed by atoms with Gasteiger partial charge in [0, 0.05) is 12.1 Å². The number of nitrogens with zero attached hydrogens (tertiary/aromatic N) is 1. The standard InChI is InChI=1S/C13H19NO3/c1-3-10-4-5-14(7-10)8-11-6-9(2)12(17-11)13(15)16/h6,10H,3-5,7-8H2,1-2H3,(H,15,16). The van der Waals surface area contributed by atoms with Gasteiger partial charge in [-0.2, -0.15) is 0 Å². The molecule has 1 aromatic heterocycles. The van der Waals surface area contributed by atoms with Crippen LogP contribution in [0.15, 0.2) is 10.5 Å². The molecule has 0 spiro atoms. The molecular formula is C13H19NO3. The zero-order valence-electron chi connectivity index (χ0n) is 10.4. The fourth-order valence-electron chi connectivity index (χ4n) is 2.45. The Morgan fingerprint density at radius 3 is 2.94 bits per heavy atom. The Morgan fingerprint density at radius 2 is 2.41 bits per heavy atom. The molecule has 0 aliphatic carbocycles. The van der Waals surface area contributed by atoms with Crippen molar-refractivity contribution < 1.29 is 14.3 Å². The number of hydrogen-bond acceptors (Lipinski definition) is 3. The second kappa shape index (κ2) is 4.92.